The molecule has 2 amide bonds. The lowest BCUT2D eigenvalue weighted by Gasteiger charge is -2.39. The number of amides is 2. The van der Waals surface area contributed by atoms with E-state index in [0.717, 1.165) is 10.6 Å². The van der Waals surface area contributed by atoms with E-state index in [9.17, 15) is 14.4 Å². The number of cyclic esters (lactones) is 1. The Morgan fingerprint density at radius 2 is 1.87 bits per heavy atom. The van der Waals surface area contributed by atoms with E-state index in [4.69, 9.17) is 25.5 Å². The molecular formula is C35H53ClN2O6Si. The summed E-state index contributed by atoms with van der Waals surface area (Å²) in [6.45, 7) is 20.4. The van der Waals surface area contributed by atoms with Gasteiger partial charge in [0.15, 0.2) is 14.1 Å². The zero-order valence-corrected chi connectivity index (χ0v) is 30.6. The Morgan fingerprint density at radius 3 is 2.42 bits per heavy atom. The second-order valence-corrected chi connectivity index (χ2v) is 18.5. The second kappa shape index (κ2) is 18.8. The molecule has 0 bridgehead atoms. The highest BCUT2D eigenvalue weighted by Crippen LogP contribution is 2.38. The van der Waals surface area contributed by atoms with E-state index in [0.29, 0.717) is 19.3 Å². The zero-order chi connectivity index (χ0) is 34.4. The molecule has 2 N–H and O–H groups in total. The molecule has 10 heteroatoms. The summed E-state index contributed by atoms with van der Waals surface area (Å²) in [5.41, 5.74) is 0.909. The SMILES string of the molecule is COC1=CCC([C@H](C)/C=C(C)/C=C/C#CC(=O)NC(C(=O)N/C=C/C[C@@H](C/C=C(/C)Cl)O[Si](C)(C)C(C)(C)C)C(C)C)OC1=O. The third-order valence-corrected chi connectivity index (χ3v) is 12.5. The van der Waals surface area contributed by atoms with E-state index in [1.807, 2.05) is 52.8 Å². The summed E-state index contributed by atoms with van der Waals surface area (Å²) in [5, 5.41) is 6.28. The Kier molecular flexibility index (Phi) is 16.7. The van der Waals surface area contributed by atoms with Gasteiger partial charge >= 0.3 is 5.97 Å². The molecule has 2 unspecified atom stereocenters. The third kappa shape index (κ3) is 14.7. The van der Waals surface area contributed by atoms with E-state index >= 15 is 0 Å². The van der Waals surface area contributed by atoms with Gasteiger partial charge in [0, 0.05) is 17.4 Å². The molecule has 1 aliphatic rings. The summed E-state index contributed by atoms with van der Waals surface area (Å²) in [6.07, 6.45) is 14.0. The summed E-state index contributed by atoms with van der Waals surface area (Å²) < 4.78 is 17.0. The number of hydrogen-bond acceptors (Lipinski definition) is 6. The molecule has 0 aromatic heterocycles. The second-order valence-electron chi connectivity index (χ2n) is 13.2. The van der Waals surface area contributed by atoms with Crippen LogP contribution in [0.1, 0.15) is 74.7 Å². The van der Waals surface area contributed by atoms with E-state index in [2.05, 4.69) is 56.3 Å². The monoisotopic (exact) mass is 660 g/mol. The molecule has 1 heterocycles. The quantitative estimate of drug-likeness (QED) is 0.0895. The highest BCUT2D eigenvalue weighted by Gasteiger charge is 2.38. The predicted molar refractivity (Wildman–Crippen MR) is 184 cm³/mol. The molecule has 1 aliphatic heterocycles. The molecule has 250 valence electrons. The standard InChI is InChI=1S/C35H53ClN2O6Si/c1-24(2)32(33(40)37-22-14-16-28(19-18-27(5)36)44-45(10,11)35(6,7)8)38-31(39)17-13-12-15-25(3)23-26(4)29-20-21-30(42-9)34(41)43-29/h12,14-15,18,21-24,26,28-29,32H,16,19-20H2,1-11H3,(H,37,40)(H,38,39)/b15-12+,22-14+,25-23+,27-18-/t26-,28+,29?,32?/m1/s1. The Hall–Kier alpha value is -3.06. The van der Waals surface area contributed by atoms with Gasteiger partial charge in [0.1, 0.15) is 12.1 Å². The molecule has 0 saturated heterocycles. The third-order valence-electron chi connectivity index (χ3n) is 7.85. The van der Waals surface area contributed by atoms with Crippen molar-refractivity contribution in [2.75, 3.05) is 7.11 Å². The highest BCUT2D eigenvalue weighted by atomic mass is 35.5. The van der Waals surface area contributed by atoms with Gasteiger partial charge in [0.05, 0.1) is 13.2 Å². The first-order valence-electron chi connectivity index (χ1n) is 15.5. The first-order valence-corrected chi connectivity index (χ1v) is 18.7. The lowest BCUT2D eigenvalue weighted by Crippen LogP contribution is -2.48. The minimum absolute atomic E-state index is 0.0221. The van der Waals surface area contributed by atoms with Gasteiger partial charge in [-0.05, 0) is 75.0 Å². The normalized spacial score (nSPS) is 18.6. The molecule has 0 aromatic rings. The van der Waals surface area contributed by atoms with Crippen LogP contribution in [0, 0.1) is 23.7 Å². The number of nitrogens with one attached hydrogen (secondary N) is 2. The highest BCUT2D eigenvalue weighted by molar-refractivity contribution is 6.74. The Morgan fingerprint density at radius 1 is 1.20 bits per heavy atom. The molecule has 0 radical (unpaired) electrons. The van der Waals surface area contributed by atoms with Crippen LogP contribution < -0.4 is 10.6 Å². The summed E-state index contributed by atoms with van der Waals surface area (Å²) in [4.78, 5) is 37.3. The van der Waals surface area contributed by atoms with Crippen molar-refractivity contribution in [2.45, 2.75) is 111 Å². The van der Waals surface area contributed by atoms with E-state index in [-0.39, 0.29) is 40.7 Å². The van der Waals surface area contributed by atoms with Crippen LogP contribution in [-0.4, -0.2) is 51.5 Å². The van der Waals surface area contributed by atoms with Gasteiger partial charge in [0.25, 0.3) is 5.91 Å². The molecule has 0 aliphatic carbocycles. The van der Waals surface area contributed by atoms with Crippen LogP contribution in [0.25, 0.3) is 0 Å². The fourth-order valence-corrected chi connectivity index (χ4v) is 5.61. The van der Waals surface area contributed by atoms with Crippen molar-refractivity contribution in [3.05, 3.63) is 59.0 Å². The van der Waals surface area contributed by atoms with Crippen LogP contribution in [0.15, 0.2) is 59.0 Å². The first-order chi connectivity index (χ1) is 20.9. The van der Waals surface area contributed by atoms with Crippen molar-refractivity contribution < 1.29 is 28.3 Å². The Balaban J connectivity index is 2.74. The topological polar surface area (TPSA) is 103 Å². The number of carbonyl (C=O) groups is 3. The van der Waals surface area contributed by atoms with Crippen LogP contribution >= 0.6 is 11.6 Å². The van der Waals surface area contributed by atoms with Crippen LogP contribution in [0.2, 0.25) is 18.1 Å². The van der Waals surface area contributed by atoms with Crippen LogP contribution in [-0.2, 0) is 28.3 Å². The number of esters is 1. The molecular weight excluding hydrogens is 608 g/mol. The van der Waals surface area contributed by atoms with Crippen molar-refractivity contribution in [1.29, 1.82) is 0 Å². The maximum absolute atomic E-state index is 12.9. The van der Waals surface area contributed by atoms with Gasteiger partial charge in [-0.2, -0.15) is 0 Å². The minimum atomic E-state index is -2.00. The van der Waals surface area contributed by atoms with Crippen molar-refractivity contribution in [1.82, 2.24) is 10.6 Å². The smallest absolute Gasteiger partial charge is 0.373 e. The maximum Gasteiger partial charge on any atom is 0.373 e. The summed E-state index contributed by atoms with van der Waals surface area (Å²) in [5.74, 6) is 3.96. The lowest BCUT2D eigenvalue weighted by atomic mass is 9.97. The Labute approximate surface area is 276 Å². The fraction of sp³-hybridized carbons (Fsp3) is 0.571. The number of hydrogen-bond donors (Lipinski definition) is 2. The molecule has 0 saturated carbocycles. The average molecular weight is 661 g/mol. The minimum Gasteiger partial charge on any atom is -0.490 e. The first kappa shape index (κ1) is 40.0. The number of allylic oxidation sites excluding steroid dienone is 4. The van der Waals surface area contributed by atoms with Crippen LogP contribution in [0.5, 0.6) is 0 Å². The lowest BCUT2D eigenvalue weighted by molar-refractivity contribution is -0.151. The van der Waals surface area contributed by atoms with Crippen LogP contribution in [0.4, 0.5) is 0 Å². The molecule has 4 atom stereocenters. The summed E-state index contributed by atoms with van der Waals surface area (Å²) in [6, 6.07) is -0.755. The van der Waals surface area contributed by atoms with Gasteiger partial charge in [-0.1, -0.05) is 88.9 Å². The molecule has 45 heavy (non-hydrogen) atoms. The van der Waals surface area contributed by atoms with Gasteiger partial charge in [-0.3, -0.25) is 9.59 Å². The molecule has 0 spiro atoms. The molecule has 8 nitrogen and oxygen atoms in total. The molecule has 0 aromatic carbocycles. The number of halogens is 1. The number of rotatable bonds is 14. The van der Waals surface area contributed by atoms with E-state index in [1.165, 1.54) is 7.11 Å². The number of methoxy groups -OCH3 is 1. The van der Waals surface area contributed by atoms with Gasteiger partial charge in [-0.15, -0.1) is 0 Å². The zero-order valence-electron chi connectivity index (χ0n) is 28.9. The number of ether oxygens (including phenoxy) is 2. The predicted octanol–water partition coefficient (Wildman–Crippen LogP) is 7.06. The van der Waals surface area contributed by atoms with E-state index in [1.54, 1.807) is 24.4 Å². The van der Waals surface area contributed by atoms with Gasteiger partial charge < -0.3 is 24.5 Å². The summed E-state index contributed by atoms with van der Waals surface area (Å²) >= 11 is 6.08. The van der Waals surface area contributed by atoms with Gasteiger partial charge in [0.2, 0.25) is 5.91 Å². The number of carbonyl (C=O) groups excluding carboxylic acids is 3. The maximum atomic E-state index is 12.9. The van der Waals surface area contributed by atoms with Crippen molar-refractivity contribution >= 4 is 37.7 Å². The molecule has 0 fully saturated rings. The van der Waals surface area contributed by atoms with Gasteiger partial charge in [-0.25, -0.2) is 4.79 Å². The Bertz CT molecular complexity index is 1240. The largest absolute Gasteiger partial charge is 0.490 e. The van der Waals surface area contributed by atoms with Crippen molar-refractivity contribution in [3.8, 4) is 11.8 Å². The fourth-order valence-electron chi connectivity index (χ4n) is 4.14. The van der Waals surface area contributed by atoms with Crippen molar-refractivity contribution in [3.63, 3.8) is 0 Å². The summed E-state index contributed by atoms with van der Waals surface area (Å²) in [7, 11) is -0.557. The van der Waals surface area contributed by atoms with Crippen molar-refractivity contribution in [2.24, 2.45) is 11.8 Å². The average Bonchev–Trinajstić information content (AvgIpc) is 2.93. The molecule has 1 rings (SSSR count). The van der Waals surface area contributed by atoms with Crippen LogP contribution in [0.3, 0.4) is 0 Å². The van der Waals surface area contributed by atoms with E-state index < -0.39 is 26.2 Å².